The third-order valence-electron chi connectivity index (χ3n) is 8.33. The van der Waals surface area contributed by atoms with Crippen LogP contribution in [-0.2, 0) is 11.3 Å². The number of carboxylic acid groups (broad SMARTS) is 1. The van der Waals surface area contributed by atoms with E-state index in [4.69, 9.17) is 16.7 Å². The van der Waals surface area contributed by atoms with Crippen LogP contribution in [0.15, 0.2) is 66.9 Å². The van der Waals surface area contributed by atoms with Crippen LogP contribution in [0.3, 0.4) is 0 Å². The summed E-state index contributed by atoms with van der Waals surface area (Å²) in [4.78, 5) is 24.4. The van der Waals surface area contributed by atoms with E-state index in [0.29, 0.717) is 24.0 Å². The summed E-state index contributed by atoms with van der Waals surface area (Å²) in [5, 5.41) is 13.6. The second-order valence-electron chi connectivity index (χ2n) is 11.1. The van der Waals surface area contributed by atoms with Crippen molar-refractivity contribution < 1.29 is 19.1 Å². The molecule has 7 heteroatoms. The van der Waals surface area contributed by atoms with Crippen LogP contribution in [-0.4, -0.2) is 26.6 Å². The first-order chi connectivity index (χ1) is 18.3. The predicted octanol–water partition coefficient (Wildman–Crippen LogP) is 7.40. The number of halogens is 2. The molecule has 0 aliphatic heterocycles. The molecule has 2 saturated carbocycles. The largest absolute Gasteiger partial charge is 0.481 e. The average Bonchev–Trinajstić information content (AvgIpc) is 3.28. The van der Waals surface area contributed by atoms with Crippen molar-refractivity contribution in [1.29, 1.82) is 0 Å². The Kier molecular flexibility index (Phi) is 6.31. The number of nitrogens with zero attached hydrogens (tertiary/aromatic N) is 2. The molecular weight excluding hydrogens is 503 g/mol. The molecule has 1 aromatic heterocycles. The lowest BCUT2D eigenvalue weighted by atomic mass is 9.47. The number of hydrogen-bond acceptors (Lipinski definition) is 3. The molecule has 2 fully saturated rings. The van der Waals surface area contributed by atoms with Crippen molar-refractivity contribution in [2.75, 3.05) is 0 Å². The van der Waals surface area contributed by atoms with E-state index in [1.54, 1.807) is 4.68 Å². The van der Waals surface area contributed by atoms with Gasteiger partial charge in [-0.1, -0.05) is 66.2 Å². The van der Waals surface area contributed by atoms with Crippen LogP contribution in [0.4, 0.5) is 4.39 Å². The van der Waals surface area contributed by atoms with Gasteiger partial charge in [0.2, 0.25) is 0 Å². The number of carbonyl (C=O) groups excluding carboxylic acids is 1. The van der Waals surface area contributed by atoms with Crippen molar-refractivity contribution in [3.05, 3.63) is 88.8 Å². The molecular formula is C31H28ClFN2O3. The third-order valence-corrected chi connectivity index (χ3v) is 8.60. The van der Waals surface area contributed by atoms with E-state index in [1.807, 2.05) is 42.5 Å². The van der Waals surface area contributed by atoms with Crippen LogP contribution >= 0.6 is 11.6 Å². The van der Waals surface area contributed by atoms with Gasteiger partial charge in [0.25, 0.3) is 0 Å². The highest BCUT2D eigenvalue weighted by atomic mass is 35.5. The highest BCUT2D eigenvalue weighted by Crippen LogP contribution is 2.62. The Labute approximate surface area is 225 Å². The van der Waals surface area contributed by atoms with Crippen LogP contribution in [0.25, 0.3) is 22.0 Å². The first-order valence-electron chi connectivity index (χ1n) is 13.0. The molecule has 1 N–H and O–H groups in total. The maximum absolute atomic E-state index is 14.9. The van der Waals surface area contributed by atoms with Gasteiger partial charge in [0, 0.05) is 18.4 Å². The number of benzene rings is 3. The van der Waals surface area contributed by atoms with E-state index in [9.17, 15) is 14.0 Å². The maximum Gasteiger partial charge on any atom is 0.303 e. The Hall–Kier alpha value is -3.51. The molecule has 194 valence electrons. The Balaban J connectivity index is 1.19. The molecule has 0 radical (unpaired) electrons. The van der Waals surface area contributed by atoms with E-state index >= 15 is 0 Å². The summed E-state index contributed by atoms with van der Waals surface area (Å²) in [7, 11) is 0. The Morgan fingerprint density at radius 3 is 2.26 bits per heavy atom. The number of rotatable bonds is 8. The summed E-state index contributed by atoms with van der Waals surface area (Å²) >= 11 is 6.19. The minimum Gasteiger partial charge on any atom is -0.481 e. The quantitative estimate of drug-likeness (QED) is 0.241. The van der Waals surface area contributed by atoms with Crippen molar-refractivity contribution in [1.82, 2.24) is 9.78 Å². The Morgan fingerprint density at radius 1 is 0.974 bits per heavy atom. The summed E-state index contributed by atoms with van der Waals surface area (Å²) in [6.45, 7) is 0.400. The van der Waals surface area contributed by atoms with Crippen molar-refractivity contribution >= 4 is 34.3 Å². The van der Waals surface area contributed by atoms with Gasteiger partial charge in [-0.05, 0) is 65.7 Å². The minimum atomic E-state index is -0.739. The van der Waals surface area contributed by atoms with Crippen molar-refractivity contribution in [3.63, 3.8) is 0 Å². The average molecular weight is 531 g/mol. The number of aromatic nitrogens is 2. The first kappa shape index (κ1) is 24.8. The van der Waals surface area contributed by atoms with Gasteiger partial charge >= 0.3 is 5.97 Å². The lowest BCUT2D eigenvalue weighted by Gasteiger charge is -2.58. The summed E-state index contributed by atoms with van der Waals surface area (Å²) < 4.78 is 16.6. The van der Waals surface area contributed by atoms with Gasteiger partial charge in [0.15, 0.2) is 11.6 Å². The van der Waals surface area contributed by atoms with Gasteiger partial charge in [-0.2, -0.15) is 5.10 Å². The topological polar surface area (TPSA) is 72.2 Å². The van der Waals surface area contributed by atoms with Crippen LogP contribution < -0.4 is 0 Å². The predicted molar refractivity (Wildman–Crippen MR) is 145 cm³/mol. The van der Waals surface area contributed by atoms with E-state index in [1.165, 1.54) is 12.3 Å². The molecule has 1 heterocycles. The van der Waals surface area contributed by atoms with E-state index in [-0.39, 0.29) is 39.9 Å². The smallest absolute Gasteiger partial charge is 0.303 e. The molecule has 38 heavy (non-hydrogen) atoms. The van der Waals surface area contributed by atoms with Crippen LogP contribution in [0.2, 0.25) is 5.02 Å². The fraction of sp³-hybridized carbons (Fsp3) is 0.323. The normalized spacial score (nSPS) is 22.3. The summed E-state index contributed by atoms with van der Waals surface area (Å²) in [6.07, 6.45) is 5.81. The Bertz CT molecular complexity index is 1520. The van der Waals surface area contributed by atoms with Crippen LogP contribution in [0, 0.1) is 23.1 Å². The van der Waals surface area contributed by atoms with Gasteiger partial charge < -0.3 is 5.11 Å². The molecule has 0 bridgehead atoms. The number of hydrogen-bond donors (Lipinski definition) is 1. The lowest BCUT2D eigenvalue weighted by molar-refractivity contribution is -0.142. The SMILES string of the molecule is O=C(O)CC1CC2(C1)CC(CC(=O)c1cc(Cl)c(F)c3cnn(Cc4ccc(-c5ccccc5)cc4)c13)C2. The summed E-state index contributed by atoms with van der Waals surface area (Å²) in [6, 6.07) is 19.7. The molecule has 2 aliphatic rings. The molecule has 1 spiro atoms. The Morgan fingerprint density at radius 2 is 1.61 bits per heavy atom. The number of Topliss-reactive ketones (excluding diaryl/α,β-unsaturated/α-hetero) is 1. The van der Waals surface area contributed by atoms with Gasteiger partial charge in [0.1, 0.15) is 0 Å². The summed E-state index contributed by atoms with van der Waals surface area (Å²) in [5.74, 6) is -0.841. The molecule has 2 aliphatic carbocycles. The van der Waals surface area contributed by atoms with Crippen molar-refractivity contribution in [3.8, 4) is 11.1 Å². The van der Waals surface area contributed by atoms with Gasteiger partial charge in [-0.15, -0.1) is 0 Å². The molecule has 4 aromatic rings. The lowest BCUT2D eigenvalue weighted by Crippen LogP contribution is -2.48. The molecule has 0 saturated heterocycles. The summed E-state index contributed by atoms with van der Waals surface area (Å²) in [5.41, 5.74) is 4.32. The van der Waals surface area contributed by atoms with Gasteiger partial charge in [-0.25, -0.2) is 4.39 Å². The second-order valence-corrected chi connectivity index (χ2v) is 11.5. The highest BCUT2D eigenvalue weighted by Gasteiger charge is 2.53. The number of carboxylic acids is 1. The van der Waals surface area contributed by atoms with Crippen LogP contribution in [0.5, 0.6) is 0 Å². The van der Waals surface area contributed by atoms with E-state index in [0.717, 1.165) is 42.4 Å². The fourth-order valence-electron chi connectivity index (χ4n) is 6.73. The zero-order valence-electron chi connectivity index (χ0n) is 20.9. The van der Waals surface area contributed by atoms with Crippen molar-refractivity contribution in [2.45, 2.75) is 45.1 Å². The number of fused-ring (bicyclic) bond motifs is 1. The second kappa shape index (κ2) is 9.66. The zero-order valence-corrected chi connectivity index (χ0v) is 21.6. The zero-order chi connectivity index (χ0) is 26.4. The van der Waals surface area contributed by atoms with Crippen LogP contribution in [0.1, 0.15) is 54.4 Å². The standard InChI is InChI=1S/C31H28ClFN2O3/c32-26-12-24(27(36)10-20-13-31(14-20)15-21(16-31)11-28(37)38)30-25(29(26)33)17-34-35(30)18-19-6-8-23(9-7-19)22-4-2-1-3-5-22/h1-9,12,17,20-21H,10-11,13-16,18H2,(H,37,38). The third kappa shape index (κ3) is 4.62. The molecule has 0 atom stereocenters. The van der Waals surface area contributed by atoms with E-state index < -0.39 is 11.8 Å². The molecule has 0 amide bonds. The monoisotopic (exact) mass is 530 g/mol. The number of aliphatic carboxylic acids is 1. The molecule has 0 unspecified atom stereocenters. The highest BCUT2D eigenvalue weighted by molar-refractivity contribution is 6.32. The minimum absolute atomic E-state index is 0.0562. The molecule has 5 nitrogen and oxygen atoms in total. The maximum atomic E-state index is 14.9. The number of carbonyl (C=O) groups is 2. The fourth-order valence-corrected chi connectivity index (χ4v) is 6.94. The molecule has 3 aromatic carbocycles. The number of ketones is 1. The van der Waals surface area contributed by atoms with Gasteiger partial charge in [0.05, 0.1) is 28.7 Å². The molecule has 6 rings (SSSR count). The first-order valence-corrected chi connectivity index (χ1v) is 13.4. The van der Waals surface area contributed by atoms with E-state index in [2.05, 4.69) is 17.2 Å². The van der Waals surface area contributed by atoms with Crippen molar-refractivity contribution in [2.24, 2.45) is 17.3 Å². The van der Waals surface area contributed by atoms with Gasteiger partial charge in [-0.3, -0.25) is 14.3 Å².